The SMILES string of the molecule is CC(C)(C)C1[C@H](C(=O)NCC(=O)Nc2cccc(C(F)(F)F)c2)CCN1C(=O)O. The van der Waals surface area contributed by atoms with Crippen molar-refractivity contribution in [3.05, 3.63) is 29.8 Å². The van der Waals surface area contributed by atoms with Gasteiger partial charge in [0.25, 0.3) is 0 Å². The zero-order valence-electron chi connectivity index (χ0n) is 16.3. The summed E-state index contributed by atoms with van der Waals surface area (Å²) in [6.45, 7) is 5.28. The summed E-state index contributed by atoms with van der Waals surface area (Å²) < 4.78 is 38.2. The first kappa shape index (κ1) is 22.5. The summed E-state index contributed by atoms with van der Waals surface area (Å²) >= 11 is 0. The lowest BCUT2D eigenvalue weighted by Gasteiger charge is -2.36. The van der Waals surface area contributed by atoms with Crippen LogP contribution < -0.4 is 10.6 Å². The average Bonchev–Trinajstić information content (AvgIpc) is 3.05. The molecule has 2 atom stereocenters. The molecule has 0 radical (unpaired) electrons. The van der Waals surface area contributed by atoms with Gasteiger partial charge in [0, 0.05) is 12.2 Å². The van der Waals surface area contributed by atoms with Crippen LogP contribution in [0, 0.1) is 11.3 Å². The summed E-state index contributed by atoms with van der Waals surface area (Å²) in [5, 5.41) is 14.1. The number of carboxylic acid groups (broad SMARTS) is 1. The summed E-state index contributed by atoms with van der Waals surface area (Å²) in [6, 6.07) is 3.62. The standard InChI is InChI=1S/C19H24F3N3O4/c1-18(2,3)15-13(7-8-25(15)17(28)29)16(27)23-10-14(26)24-12-6-4-5-11(9-12)19(20,21)22/h4-6,9,13,15H,7-8,10H2,1-3H3,(H,23,27)(H,24,26)(H,28,29)/t13-,15?/m1/s1. The van der Waals surface area contributed by atoms with Crippen LogP contribution in [-0.4, -0.2) is 47.0 Å². The van der Waals surface area contributed by atoms with Gasteiger partial charge in [-0.25, -0.2) is 4.79 Å². The van der Waals surface area contributed by atoms with Crippen molar-refractivity contribution in [1.82, 2.24) is 10.2 Å². The Kier molecular flexibility index (Phi) is 6.44. The van der Waals surface area contributed by atoms with Gasteiger partial charge < -0.3 is 20.6 Å². The van der Waals surface area contributed by atoms with Crippen LogP contribution in [0.2, 0.25) is 0 Å². The fourth-order valence-electron chi connectivity index (χ4n) is 3.63. The van der Waals surface area contributed by atoms with Gasteiger partial charge in [-0.15, -0.1) is 0 Å². The molecular weight excluding hydrogens is 391 g/mol. The number of likely N-dealkylation sites (tertiary alicyclic amines) is 1. The van der Waals surface area contributed by atoms with Gasteiger partial charge in [0.05, 0.1) is 24.1 Å². The Hall–Kier alpha value is -2.78. The molecule has 1 unspecified atom stereocenters. The van der Waals surface area contributed by atoms with E-state index < -0.39 is 53.6 Å². The van der Waals surface area contributed by atoms with Gasteiger partial charge in [0.15, 0.2) is 0 Å². The van der Waals surface area contributed by atoms with Gasteiger partial charge in [0.2, 0.25) is 11.8 Å². The minimum Gasteiger partial charge on any atom is -0.465 e. The number of rotatable bonds is 4. The van der Waals surface area contributed by atoms with Crippen LogP contribution >= 0.6 is 0 Å². The maximum atomic E-state index is 12.7. The number of carbonyl (C=O) groups excluding carboxylic acids is 2. The van der Waals surface area contributed by atoms with E-state index in [2.05, 4.69) is 10.6 Å². The van der Waals surface area contributed by atoms with Crippen molar-refractivity contribution < 1.29 is 32.7 Å². The molecule has 1 aromatic rings. The molecule has 1 saturated heterocycles. The topological polar surface area (TPSA) is 98.7 Å². The monoisotopic (exact) mass is 415 g/mol. The number of benzene rings is 1. The molecule has 1 aliphatic rings. The van der Waals surface area contributed by atoms with E-state index in [-0.39, 0.29) is 12.2 Å². The second-order valence-corrected chi connectivity index (χ2v) is 8.03. The number of hydrogen-bond donors (Lipinski definition) is 3. The van der Waals surface area contributed by atoms with E-state index in [0.717, 1.165) is 12.1 Å². The minimum absolute atomic E-state index is 0.0374. The number of amides is 3. The first-order valence-corrected chi connectivity index (χ1v) is 9.05. The Morgan fingerprint density at radius 1 is 1.21 bits per heavy atom. The maximum absolute atomic E-state index is 12.7. The molecule has 2 rings (SSSR count). The number of nitrogens with zero attached hydrogens (tertiary/aromatic N) is 1. The molecule has 0 spiro atoms. The zero-order chi connectivity index (χ0) is 22.0. The molecule has 7 nitrogen and oxygen atoms in total. The third-order valence-electron chi connectivity index (χ3n) is 4.76. The second kappa shape index (κ2) is 8.30. The Labute approximate surface area is 166 Å². The van der Waals surface area contributed by atoms with E-state index in [4.69, 9.17) is 0 Å². The molecule has 160 valence electrons. The van der Waals surface area contributed by atoms with E-state index in [0.29, 0.717) is 6.42 Å². The largest absolute Gasteiger partial charge is 0.465 e. The highest BCUT2D eigenvalue weighted by Gasteiger charge is 2.47. The average molecular weight is 415 g/mol. The summed E-state index contributed by atoms with van der Waals surface area (Å²) in [4.78, 5) is 37.3. The molecule has 0 aromatic heterocycles. The van der Waals surface area contributed by atoms with Gasteiger partial charge in [-0.1, -0.05) is 26.8 Å². The fourth-order valence-corrected chi connectivity index (χ4v) is 3.63. The zero-order valence-corrected chi connectivity index (χ0v) is 16.3. The summed E-state index contributed by atoms with van der Waals surface area (Å²) in [7, 11) is 0. The lowest BCUT2D eigenvalue weighted by atomic mass is 9.79. The highest BCUT2D eigenvalue weighted by Crippen LogP contribution is 2.37. The minimum atomic E-state index is -4.53. The lowest BCUT2D eigenvalue weighted by Crippen LogP contribution is -2.49. The molecular formula is C19H24F3N3O4. The number of alkyl halides is 3. The number of carbonyl (C=O) groups is 3. The van der Waals surface area contributed by atoms with E-state index in [1.807, 2.05) is 20.8 Å². The summed E-state index contributed by atoms with van der Waals surface area (Å²) in [5.41, 5.74) is -1.42. The molecule has 0 saturated carbocycles. The van der Waals surface area contributed by atoms with Crippen molar-refractivity contribution in [2.24, 2.45) is 11.3 Å². The first-order valence-electron chi connectivity index (χ1n) is 9.05. The molecule has 0 aliphatic carbocycles. The van der Waals surface area contributed by atoms with Crippen molar-refractivity contribution in [1.29, 1.82) is 0 Å². The predicted octanol–water partition coefficient (Wildman–Crippen LogP) is 3.17. The van der Waals surface area contributed by atoms with Crippen LogP contribution in [-0.2, 0) is 15.8 Å². The lowest BCUT2D eigenvalue weighted by molar-refractivity contribution is -0.137. The third kappa shape index (κ3) is 5.61. The van der Waals surface area contributed by atoms with Crippen molar-refractivity contribution >= 4 is 23.6 Å². The van der Waals surface area contributed by atoms with Gasteiger partial charge >= 0.3 is 12.3 Å². The maximum Gasteiger partial charge on any atom is 0.416 e. The van der Waals surface area contributed by atoms with Gasteiger partial charge in [0.1, 0.15) is 0 Å². The molecule has 1 fully saturated rings. The molecule has 1 aliphatic heterocycles. The smallest absolute Gasteiger partial charge is 0.416 e. The molecule has 3 amide bonds. The Bertz CT molecular complexity index is 790. The molecule has 1 heterocycles. The highest BCUT2D eigenvalue weighted by atomic mass is 19.4. The summed E-state index contributed by atoms with van der Waals surface area (Å²) in [5.74, 6) is -1.77. The summed E-state index contributed by atoms with van der Waals surface area (Å²) in [6.07, 6.45) is -5.31. The van der Waals surface area contributed by atoms with Crippen molar-refractivity contribution in [2.75, 3.05) is 18.4 Å². The third-order valence-corrected chi connectivity index (χ3v) is 4.76. The first-order chi connectivity index (χ1) is 13.3. The van der Waals surface area contributed by atoms with Crippen LogP contribution in [0.4, 0.5) is 23.7 Å². The van der Waals surface area contributed by atoms with Crippen LogP contribution in [0.1, 0.15) is 32.8 Å². The number of nitrogens with one attached hydrogen (secondary N) is 2. The van der Waals surface area contributed by atoms with E-state index in [9.17, 15) is 32.7 Å². The van der Waals surface area contributed by atoms with E-state index >= 15 is 0 Å². The molecule has 0 bridgehead atoms. The predicted molar refractivity (Wildman–Crippen MR) is 99.2 cm³/mol. The number of anilines is 1. The molecule has 1 aromatic carbocycles. The van der Waals surface area contributed by atoms with Crippen molar-refractivity contribution in [2.45, 2.75) is 39.4 Å². The fraction of sp³-hybridized carbons (Fsp3) is 0.526. The number of hydrogen-bond acceptors (Lipinski definition) is 3. The molecule has 10 heteroatoms. The normalized spacial score (nSPS) is 19.7. The second-order valence-electron chi connectivity index (χ2n) is 8.03. The van der Waals surface area contributed by atoms with Crippen LogP contribution in [0.5, 0.6) is 0 Å². The van der Waals surface area contributed by atoms with E-state index in [1.165, 1.54) is 17.0 Å². The molecule has 29 heavy (non-hydrogen) atoms. The van der Waals surface area contributed by atoms with Gasteiger partial charge in [-0.05, 0) is 30.0 Å². The van der Waals surface area contributed by atoms with Crippen LogP contribution in [0.3, 0.4) is 0 Å². The van der Waals surface area contributed by atoms with E-state index in [1.54, 1.807) is 0 Å². The Morgan fingerprint density at radius 3 is 2.41 bits per heavy atom. The number of halogens is 3. The van der Waals surface area contributed by atoms with Gasteiger partial charge in [-0.3, -0.25) is 9.59 Å². The molecule has 3 N–H and O–H groups in total. The van der Waals surface area contributed by atoms with Crippen molar-refractivity contribution in [3.8, 4) is 0 Å². The Morgan fingerprint density at radius 2 is 1.86 bits per heavy atom. The van der Waals surface area contributed by atoms with Crippen LogP contribution in [0.15, 0.2) is 24.3 Å². The Balaban J connectivity index is 1.98. The quantitative estimate of drug-likeness (QED) is 0.703. The van der Waals surface area contributed by atoms with Crippen molar-refractivity contribution in [3.63, 3.8) is 0 Å². The highest BCUT2D eigenvalue weighted by molar-refractivity contribution is 5.95. The van der Waals surface area contributed by atoms with Crippen LogP contribution in [0.25, 0.3) is 0 Å². The van der Waals surface area contributed by atoms with Gasteiger partial charge in [-0.2, -0.15) is 13.2 Å².